The van der Waals surface area contributed by atoms with E-state index in [0.717, 1.165) is 31.0 Å². The van der Waals surface area contributed by atoms with E-state index in [0.29, 0.717) is 30.9 Å². The Hall–Kier alpha value is -2.93. The average Bonchev–Trinajstić information content (AvgIpc) is 3.08. The molecule has 30 heavy (non-hydrogen) atoms. The van der Waals surface area contributed by atoms with Gasteiger partial charge in [-0.2, -0.15) is 0 Å². The average molecular weight is 409 g/mol. The number of likely N-dealkylation sites (tertiary alicyclic amines) is 1. The van der Waals surface area contributed by atoms with Gasteiger partial charge in [0, 0.05) is 51.4 Å². The fourth-order valence-electron chi connectivity index (χ4n) is 3.67. The number of benzene rings is 1. The topological polar surface area (TPSA) is 81.6 Å². The highest BCUT2D eigenvalue weighted by Crippen LogP contribution is 2.20. The first-order valence-corrected chi connectivity index (χ1v) is 10.5. The number of pyridine rings is 1. The second-order valence-corrected chi connectivity index (χ2v) is 7.86. The minimum absolute atomic E-state index is 0.0715. The fraction of sp³-hybridized carbons (Fsp3) is 0.435. The molecule has 1 saturated heterocycles. The summed E-state index contributed by atoms with van der Waals surface area (Å²) in [6.07, 6.45) is 3.15. The molecule has 0 spiro atoms. The van der Waals surface area contributed by atoms with Crippen LogP contribution < -0.4 is 16.0 Å². The van der Waals surface area contributed by atoms with Gasteiger partial charge in [-0.3, -0.25) is 14.7 Å². The minimum Gasteiger partial charge on any atom is -0.356 e. The number of hydrogen-bond acceptors (Lipinski definition) is 4. The number of aromatic nitrogens is 1. The summed E-state index contributed by atoms with van der Waals surface area (Å²) in [7, 11) is 1.76. The van der Waals surface area contributed by atoms with Crippen LogP contribution in [0, 0.1) is 6.92 Å². The van der Waals surface area contributed by atoms with Crippen LogP contribution in [-0.2, 0) is 11.3 Å². The molecule has 1 aromatic carbocycles. The molecule has 0 aliphatic carbocycles. The maximum Gasteiger partial charge on any atom is 0.227 e. The van der Waals surface area contributed by atoms with E-state index in [1.165, 1.54) is 5.56 Å². The van der Waals surface area contributed by atoms with E-state index < -0.39 is 0 Å². The van der Waals surface area contributed by atoms with Crippen LogP contribution in [0.25, 0.3) is 0 Å². The molecule has 2 atom stereocenters. The Balaban J connectivity index is 1.40. The summed E-state index contributed by atoms with van der Waals surface area (Å²) in [5, 5.41) is 9.55. The Bertz CT molecular complexity index is 837. The zero-order valence-corrected chi connectivity index (χ0v) is 18.1. The van der Waals surface area contributed by atoms with Gasteiger partial charge in [-0.25, -0.2) is 4.98 Å². The van der Waals surface area contributed by atoms with Crippen LogP contribution in [0.2, 0.25) is 0 Å². The number of carbonyl (C=O) groups is 1. The van der Waals surface area contributed by atoms with Crippen LogP contribution in [0.3, 0.4) is 0 Å². The largest absolute Gasteiger partial charge is 0.356 e. The van der Waals surface area contributed by atoms with Gasteiger partial charge in [0.2, 0.25) is 5.91 Å². The first kappa shape index (κ1) is 21.8. The molecule has 2 heterocycles. The Morgan fingerprint density at radius 3 is 2.73 bits per heavy atom. The van der Waals surface area contributed by atoms with Gasteiger partial charge in [-0.05, 0) is 37.5 Å². The molecule has 1 fully saturated rings. The van der Waals surface area contributed by atoms with Crippen molar-refractivity contribution in [1.82, 2.24) is 20.5 Å². The van der Waals surface area contributed by atoms with Gasteiger partial charge in [0.1, 0.15) is 5.82 Å². The van der Waals surface area contributed by atoms with Gasteiger partial charge >= 0.3 is 0 Å². The molecular formula is C23H32N6O. The monoisotopic (exact) mass is 408 g/mol. The predicted molar refractivity (Wildman–Crippen MR) is 121 cm³/mol. The number of nitrogens with zero attached hydrogens (tertiary/aromatic N) is 3. The van der Waals surface area contributed by atoms with Crippen molar-refractivity contribution in [3.63, 3.8) is 0 Å². The molecule has 160 valence electrons. The van der Waals surface area contributed by atoms with Crippen LogP contribution in [-0.4, -0.2) is 54.0 Å². The van der Waals surface area contributed by atoms with Crippen molar-refractivity contribution in [3.05, 3.63) is 59.8 Å². The molecule has 0 radical (unpaired) electrons. The second kappa shape index (κ2) is 10.7. The van der Waals surface area contributed by atoms with Crippen molar-refractivity contribution in [1.29, 1.82) is 0 Å². The molecule has 1 aliphatic heterocycles. The lowest BCUT2D eigenvalue weighted by Gasteiger charge is -2.21. The van der Waals surface area contributed by atoms with Gasteiger partial charge in [-0.1, -0.05) is 36.4 Å². The van der Waals surface area contributed by atoms with E-state index in [-0.39, 0.29) is 5.91 Å². The summed E-state index contributed by atoms with van der Waals surface area (Å²) >= 11 is 0. The molecule has 0 bridgehead atoms. The van der Waals surface area contributed by atoms with Crippen molar-refractivity contribution in [2.24, 2.45) is 4.99 Å². The van der Waals surface area contributed by atoms with Crippen LogP contribution in [0.15, 0.2) is 53.7 Å². The third-order valence-corrected chi connectivity index (χ3v) is 5.32. The lowest BCUT2D eigenvalue weighted by atomic mass is 10.2. The first-order chi connectivity index (χ1) is 14.5. The van der Waals surface area contributed by atoms with E-state index >= 15 is 0 Å². The zero-order valence-electron chi connectivity index (χ0n) is 18.1. The maximum atomic E-state index is 12.1. The van der Waals surface area contributed by atoms with Crippen molar-refractivity contribution < 1.29 is 4.79 Å². The van der Waals surface area contributed by atoms with Crippen LogP contribution >= 0.6 is 0 Å². The number of hydrogen-bond donors (Lipinski definition) is 3. The first-order valence-electron chi connectivity index (χ1n) is 10.5. The van der Waals surface area contributed by atoms with E-state index in [4.69, 9.17) is 0 Å². The highest BCUT2D eigenvalue weighted by atomic mass is 16.1. The fourth-order valence-corrected chi connectivity index (χ4v) is 3.67. The number of rotatable bonds is 7. The number of carbonyl (C=O) groups excluding carboxylic acids is 1. The van der Waals surface area contributed by atoms with Crippen LogP contribution in [0.1, 0.15) is 30.9 Å². The molecular weight excluding hydrogens is 376 g/mol. The van der Waals surface area contributed by atoms with Crippen molar-refractivity contribution >= 4 is 17.7 Å². The summed E-state index contributed by atoms with van der Waals surface area (Å²) in [6, 6.07) is 15.1. The molecule has 7 heteroatoms. The minimum atomic E-state index is -0.0715. The Morgan fingerprint density at radius 1 is 1.23 bits per heavy atom. The van der Waals surface area contributed by atoms with Crippen LogP contribution in [0.4, 0.5) is 5.82 Å². The Labute approximate surface area is 179 Å². The van der Waals surface area contributed by atoms with E-state index in [1.807, 2.05) is 19.1 Å². The van der Waals surface area contributed by atoms with E-state index in [1.54, 1.807) is 13.2 Å². The maximum absolute atomic E-state index is 12.1. The normalized spacial score (nSPS) is 19.5. The third-order valence-electron chi connectivity index (χ3n) is 5.32. The third kappa shape index (κ3) is 6.56. The van der Waals surface area contributed by atoms with Crippen LogP contribution in [0.5, 0.6) is 0 Å². The number of anilines is 1. The standard InChI is InChI=1S/C23H32N6O/c1-17-9-10-21(26-14-17)28-22(30)11-12-25-23(24-3)27-20-13-18(2)29(16-20)15-19-7-5-4-6-8-19/h4-10,14,18,20H,11-13,15-16H2,1-3H3,(H2,24,25,27)(H,26,28,30). The smallest absolute Gasteiger partial charge is 0.227 e. The summed E-state index contributed by atoms with van der Waals surface area (Å²) in [6.45, 7) is 6.67. The Kier molecular flexibility index (Phi) is 7.79. The summed E-state index contributed by atoms with van der Waals surface area (Å²) in [5.74, 6) is 1.24. The summed E-state index contributed by atoms with van der Waals surface area (Å²) < 4.78 is 0. The lowest BCUT2D eigenvalue weighted by Crippen LogP contribution is -2.45. The van der Waals surface area contributed by atoms with Gasteiger partial charge < -0.3 is 16.0 Å². The number of aryl methyl sites for hydroxylation is 1. The SMILES string of the molecule is CN=C(NCCC(=O)Nc1ccc(C)cn1)NC1CC(C)N(Cc2ccccc2)C1. The van der Waals surface area contributed by atoms with Gasteiger partial charge in [-0.15, -0.1) is 0 Å². The second-order valence-electron chi connectivity index (χ2n) is 7.86. The molecule has 1 aromatic heterocycles. The lowest BCUT2D eigenvalue weighted by molar-refractivity contribution is -0.116. The Morgan fingerprint density at radius 2 is 2.03 bits per heavy atom. The summed E-state index contributed by atoms with van der Waals surface area (Å²) in [4.78, 5) is 23.1. The molecule has 2 unspecified atom stereocenters. The molecule has 0 saturated carbocycles. The van der Waals surface area contributed by atoms with Gasteiger partial charge in [0.05, 0.1) is 0 Å². The highest BCUT2D eigenvalue weighted by Gasteiger charge is 2.29. The molecule has 1 amide bonds. The van der Waals surface area contributed by atoms with Crippen molar-refractivity contribution in [2.45, 2.75) is 45.3 Å². The number of amides is 1. The summed E-state index contributed by atoms with van der Waals surface area (Å²) in [5.41, 5.74) is 2.40. The van der Waals surface area contributed by atoms with E-state index in [9.17, 15) is 4.79 Å². The number of aliphatic imine (C=N–C) groups is 1. The molecule has 1 aliphatic rings. The van der Waals surface area contributed by atoms with Gasteiger partial charge in [0.25, 0.3) is 0 Å². The van der Waals surface area contributed by atoms with Crippen molar-refractivity contribution in [2.75, 3.05) is 25.5 Å². The van der Waals surface area contributed by atoms with Crippen molar-refractivity contribution in [3.8, 4) is 0 Å². The predicted octanol–water partition coefficient (Wildman–Crippen LogP) is 2.55. The number of guanidine groups is 1. The highest BCUT2D eigenvalue weighted by molar-refractivity contribution is 5.90. The molecule has 7 nitrogen and oxygen atoms in total. The quantitative estimate of drug-likeness (QED) is 0.485. The van der Waals surface area contributed by atoms with E-state index in [2.05, 4.69) is 68.1 Å². The molecule has 2 aromatic rings. The molecule has 3 N–H and O–H groups in total. The van der Waals surface area contributed by atoms with Gasteiger partial charge in [0.15, 0.2) is 5.96 Å². The zero-order chi connectivity index (χ0) is 21.3. The number of nitrogens with one attached hydrogen (secondary N) is 3. The molecule has 3 rings (SSSR count).